The Morgan fingerprint density at radius 1 is 1.34 bits per heavy atom. The third kappa shape index (κ3) is 11.4. The maximum absolute atomic E-state index is 14.6. The molecule has 0 unspecified atom stereocenters. The molecule has 1 heterocycles. The van der Waals surface area contributed by atoms with Crippen LogP contribution in [0.1, 0.15) is 20.8 Å². The third-order valence-electron chi connectivity index (χ3n) is 4.01. The molecule has 5 N–H and O–H groups in total. The fraction of sp³-hybridized carbons (Fsp3) is 0.391. The number of ether oxygens (including phenoxy) is 1. The molecule has 0 radical (unpaired) electrons. The number of halogens is 1. The molecule has 32 heavy (non-hydrogen) atoms. The van der Waals surface area contributed by atoms with E-state index in [2.05, 4.69) is 17.6 Å². The van der Waals surface area contributed by atoms with E-state index in [1.165, 1.54) is 36.0 Å². The van der Waals surface area contributed by atoms with Crippen molar-refractivity contribution in [2.45, 2.75) is 26.9 Å². The topological polar surface area (TPSA) is 114 Å². The minimum Gasteiger partial charge on any atom is -0.442 e. The van der Waals surface area contributed by atoms with Crippen molar-refractivity contribution in [2.24, 2.45) is 11.6 Å². The number of nitrogens with zero attached hydrogens (tertiary/aromatic N) is 2. The number of nitrogens with one attached hydrogen (secondary N) is 1. The third-order valence-corrected chi connectivity index (χ3v) is 4.01. The number of carbonyl (C=O) groups is 2. The first-order chi connectivity index (χ1) is 15.2. The van der Waals surface area contributed by atoms with Gasteiger partial charge in [-0.05, 0) is 50.3 Å². The van der Waals surface area contributed by atoms with E-state index in [1.54, 1.807) is 45.2 Å². The van der Waals surface area contributed by atoms with Gasteiger partial charge in [0.25, 0.3) is 0 Å². The van der Waals surface area contributed by atoms with Crippen LogP contribution in [0.3, 0.4) is 0 Å². The predicted octanol–water partition coefficient (Wildman–Crippen LogP) is 2.70. The lowest BCUT2D eigenvalue weighted by Gasteiger charge is -2.14. The number of amides is 2. The molecule has 0 spiro atoms. The van der Waals surface area contributed by atoms with Gasteiger partial charge in [-0.2, -0.15) is 0 Å². The minimum absolute atomic E-state index is 0.205. The Bertz CT molecular complexity index is 797. The van der Waals surface area contributed by atoms with Gasteiger partial charge in [-0.1, -0.05) is 30.9 Å². The fourth-order valence-electron chi connectivity index (χ4n) is 2.64. The Morgan fingerprint density at radius 3 is 2.53 bits per heavy atom. The molecular weight excluding hydrogens is 413 g/mol. The Balaban J connectivity index is 0.00000466. The van der Waals surface area contributed by atoms with Crippen LogP contribution in [0.2, 0.25) is 0 Å². The molecule has 8 nitrogen and oxygen atoms in total. The molecular formula is C23H36FN5O3. The average molecular weight is 450 g/mol. The summed E-state index contributed by atoms with van der Waals surface area (Å²) < 4.78 is 19.8. The molecule has 0 aromatic heterocycles. The van der Waals surface area contributed by atoms with Crippen LogP contribution in [0.15, 0.2) is 71.8 Å². The van der Waals surface area contributed by atoms with Gasteiger partial charge in [0.15, 0.2) is 0 Å². The normalized spacial score (nSPS) is 18.0. The summed E-state index contributed by atoms with van der Waals surface area (Å²) in [5.74, 6) is 4.90. The molecule has 1 saturated heterocycles. The van der Waals surface area contributed by atoms with Crippen molar-refractivity contribution < 1.29 is 18.7 Å². The summed E-state index contributed by atoms with van der Waals surface area (Å²) in [5, 5.41) is 4.13. The number of allylic oxidation sites excluding steroid dienone is 8. The predicted molar refractivity (Wildman–Crippen MR) is 127 cm³/mol. The van der Waals surface area contributed by atoms with Crippen molar-refractivity contribution in [3.05, 3.63) is 71.8 Å². The highest BCUT2D eigenvalue weighted by molar-refractivity contribution is 5.74. The van der Waals surface area contributed by atoms with E-state index in [4.69, 9.17) is 10.6 Å². The molecule has 0 aromatic carbocycles. The smallest absolute Gasteiger partial charge is 0.414 e. The fourth-order valence-corrected chi connectivity index (χ4v) is 2.64. The van der Waals surface area contributed by atoms with Gasteiger partial charge in [0, 0.05) is 26.2 Å². The summed E-state index contributed by atoms with van der Waals surface area (Å²) in [4.78, 5) is 24.6. The standard InChI is InChI=1S/C22H31FN4O3.CH5N/c1-6-8-20(27-15-21(30-22(27)29)13-25-17(4)28)12-19(23)11-16(3)9-10-18(7-2)14-26(5)24;1-2/h6-12,21H,2,13-15,24H2,1,3-5H3,(H,25,28);2H2,1H3/b8-6-,16-9+,18-10+,19-11-,20-12+;/t21-;/m0./s1. The number of carbonyl (C=O) groups excluding carboxylic acids is 2. The lowest BCUT2D eigenvalue weighted by Crippen LogP contribution is -2.33. The first-order valence-corrected chi connectivity index (χ1v) is 10.1. The van der Waals surface area contributed by atoms with Crippen LogP contribution in [0.5, 0.6) is 0 Å². The summed E-state index contributed by atoms with van der Waals surface area (Å²) in [7, 11) is 3.24. The van der Waals surface area contributed by atoms with E-state index in [-0.39, 0.29) is 19.0 Å². The second-order valence-electron chi connectivity index (χ2n) is 6.92. The maximum atomic E-state index is 14.6. The second kappa shape index (κ2) is 15.7. The van der Waals surface area contributed by atoms with Crippen LogP contribution in [0.25, 0.3) is 0 Å². The van der Waals surface area contributed by atoms with Crippen LogP contribution in [0.4, 0.5) is 9.18 Å². The van der Waals surface area contributed by atoms with Gasteiger partial charge in [-0.3, -0.25) is 15.5 Å². The highest BCUT2D eigenvalue weighted by atomic mass is 19.1. The Kier molecular flexibility index (Phi) is 14.3. The van der Waals surface area contributed by atoms with Crippen LogP contribution in [-0.4, -0.2) is 61.7 Å². The van der Waals surface area contributed by atoms with Gasteiger partial charge < -0.3 is 15.8 Å². The van der Waals surface area contributed by atoms with Crippen LogP contribution >= 0.6 is 0 Å². The highest BCUT2D eigenvalue weighted by Gasteiger charge is 2.32. The Hall–Kier alpha value is -3.01. The van der Waals surface area contributed by atoms with Crippen LogP contribution < -0.4 is 16.9 Å². The van der Waals surface area contributed by atoms with Gasteiger partial charge in [-0.15, -0.1) is 0 Å². The molecule has 178 valence electrons. The van der Waals surface area contributed by atoms with Gasteiger partial charge in [0.1, 0.15) is 11.9 Å². The monoisotopic (exact) mass is 449 g/mol. The van der Waals surface area contributed by atoms with Crippen LogP contribution in [0, 0.1) is 0 Å². The molecule has 1 rings (SSSR count). The number of nitrogens with two attached hydrogens (primary N) is 2. The van der Waals surface area contributed by atoms with Crippen molar-refractivity contribution in [3.8, 4) is 0 Å². The van der Waals surface area contributed by atoms with Crippen molar-refractivity contribution in [2.75, 3.05) is 33.7 Å². The number of hydrazine groups is 1. The quantitative estimate of drug-likeness (QED) is 0.268. The van der Waals surface area contributed by atoms with Crippen molar-refractivity contribution >= 4 is 12.0 Å². The van der Waals surface area contributed by atoms with E-state index in [9.17, 15) is 14.0 Å². The summed E-state index contributed by atoms with van der Waals surface area (Å²) >= 11 is 0. The van der Waals surface area contributed by atoms with E-state index in [1.807, 2.05) is 6.08 Å². The zero-order valence-corrected chi connectivity index (χ0v) is 19.6. The summed E-state index contributed by atoms with van der Waals surface area (Å²) in [6.07, 6.45) is 10.2. The zero-order valence-electron chi connectivity index (χ0n) is 19.6. The molecule has 0 bridgehead atoms. The molecule has 0 aliphatic carbocycles. The molecule has 9 heteroatoms. The SMILES string of the molecule is C=C\C(=C/C=C(C)/C=C(F)/C=C(\C=C/C)N1C[C@H](CNC(C)=O)OC1=O)CN(C)N.CN. The second-order valence-corrected chi connectivity index (χ2v) is 6.92. The summed E-state index contributed by atoms with van der Waals surface area (Å²) in [6, 6.07) is 0. The zero-order chi connectivity index (χ0) is 24.7. The number of hydrogen-bond acceptors (Lipinski definition) is 6. The lowest BCUT2D eigenvalue weighted by atomic mass is 10.1. The molecule has 0 aromatic rings. The van der Waals surface area contributed by atoms with Gasteiger partial charge in [-0.25, -0.2) is 14.2 Å². The van der Waals surface area contributed by atoms with E-state index < -0.39 is 18.0 Å². The number of likely N-dealkylation sites (N-methyl/N-ethyl adjacent to an activating group) is 1. The summed E-state index contributed by atoms with van der Waals surface area (Å²) in [6.45, 7) is 9.59. The first kappa shape index (κ1) is 29.0. The van der Waals surface area contributed by atoms with Crippen LogP contribution in [-0.2, 0) is 9.53 Å². The molecule has 0 saturated carbocycles. The highest BCUT2D eigenvalue weighted by Crippen LogP contribution is 2.20. The minimum atomic E-state index is -0.584. The number of rotatable bonds is 10. The number of hydrogen-bond donors (Lipinski definition) is 3. The average Bonchev–Trinajstić information content (AvgIpc) is 3.11. The van der Waals surface area contributed by atoms with Crippen molar-refractivity contribution in [3.63, 3.8) is 0 Å². The Morgan fingerprint density at radius 2 is 2.00 bits per heavy atom. The molecule has 1 aliphatic heterocycles. The maximum Gasteiger partial charge on any atom is 0.414 e. The van der Waals surface area contributed by atoms with Gasteiger partial charge in [0.05, 0.1) is 13.1 Å². The molecule has 1 fully saturated rings. The van der Waals surface area contributed by atoms with Gasteiger partial charge >= 0.3 is 6.09 Å². The molecule has 1 atom stereocenters. The van der Waals surface area contributed by atoms with Crippen molar-refractivity contribution in [1.29, 1.82) is 0 Å². The largest absolute Gasteiger partial charge is 0.442 e. The van der Waals surface area contributed by atoms with E-state index in [0.717, 1.165) is 5.57 Å². The molecule has 1 aliphatic rings. The first-order valence-electron chi connectivity index (χ1n) is 10.1. The number of cyclic esters (lactones) is 1. The van der Waals surface area contributed by atoms with E-state index >= 15 is 0 Å². The van der Waals surface area contributed by atoms with Gasteiger partial charge in [0.2, 0.25) is 5.91 Å². The van der Waals surface area contributed by atoms with Crippen molar-refractivity contribution in [1.82, 2.24) is 15.2 Å². The molecule has 2 amide bonds. The lowest BCUT2D eigenvalue weighted by molar-refractivity contribution is -0.119. The summed E-state index contributed by atoms with van der Waals surface area (Å²) in [5.41, 5.74) is 6.43. The van der Waals surface area contributed by atoms with E-state index in [0.29, 0.717) is 17.8 Å². The Labute approximate surface area is 190 Å².